The van der Waals surface area contributed by atoms with Gasteiger partial charge in [0.1, 0.15) is 6.26 Å². The van der Waals surface area contributed by atoms with E-state index in [1.165, 1.54) is 11.8 Å². The van der Waals surface area contributed by atoms with Crippen LogP contribution in [0.5, 0.6) is 0 Å². The number of anilines is 1. The lowest BCUT2D eigenvalue weighted by molar-refractivity contribution is -0.113. The van der Waals surface area contributed by atoms with E-state index in [9.17, 15) is 4.79 Å². The monoisotopic (exact) mass is 393 g/mol. The van der Waals surface area contributed by atoms with Gasteiger partial charge in [0.25, 0.3) is 0 Å². The average Bonchev–Trinajstić information content (AvgIpc) is 3.27. The third-order valence-corrected chi connectivity index (χ3v) is 5.17. The van der Waals surface area contributed by atoms with Crippen LogP contribution in [0.3, 0.4) is 0 Å². The quantitative estimate of drug-likeness (QED) is 0.536. The molecule has 0 atom stereocenters. The lowest BCUT2D eigenvalue weighted by atomic mass is 10.2. The Morgan fingerprint density at radius 1 is 1.29 bits per heavy atom. The molecule has 0 aliphatic rings. The van der Waals surface area contributed by atoms with Crippen LogP contribution in [0.15, 0.2) is 53.3 Å². The largest absolute Gasteiger partial charge is 0.444 e. The molecule has 0 bridgehead atoms. The first-order chi connectivity index (χ1) is 13.6. The predicted molar refractivity (Wildman–Crippen MR) is 110 cm³/mol. The second-order valence-electron chi connectivity index (χ2n) is 6.36. The molecule has 8 heteroatoms. The first-order valence-electron chi connectivity index (χ1n) is 8.77. The summed E-state index contributed by atoms with van der Waals surface area (Å²) in [4.78, 5) is 21.1. The first-order valence-corrected chi connectivity index (χ1v) is 9.92. The van der Waals surface area contributed by atoms with E-state index in [0.29, 0.717) is 23.1 Å². The second-order valence-corrected chi connectivity index (χ2v) is 7.34. The van der Waals surface area contributed by atoms with Gasteiger partial charge in [-0.3, -0.25) is 9.48 Å². The minimum Gasteiger partial charge on any atom is -0.444 e. The highest BCUT2D eigenvalue weighted by Gasteiger charge is 2.10. The van der Waals surface area contributed by atoms with Gasteiger partial charge in [-0.25, -0.2) is 9.97 Å². The summed E-state index contributed by atoms with van der Waals surface area (Å²) in [6, 6.07) is 11.6. The van der Waals surface area contributed by atoms with Gasteiger partial charge in [0.05, 0.1) is 29.0 Å². The molecule has 28 heavy (non-hydrogen) atoms. The molecule has 7 nitrogen and oxygen atoms in total. The normalized spacial score (nSPS) is 11.1. The van der Waals surface area contributed by atoms with Gasteiger partial charge in [-0.05, 0) is 25.1 Å². The summed E-state index contributed by atoms with van der Waals surface area (Å²) < 4.78 is 7.25. The van der Waals surface area contributed by atoms with Gasteiger partial charge in [-0.15, -0.1) is 11.8 Å². The number of nitrogens with zero attached hydrogens (tertiary/aromatic N) is 4. The summed E-state index contributed by atoms with van der Waals surface area (Å²) in [5.41, 5.74) is 4.10. The Labute approximate surface area is 166 Å². The highest BCUT2D eigenvalue weighted by atomic mass is 32.2. The Morgan fingerprint density at radius 2 is 2.11 bits per heavy atom. The van der Waals surface area contributed by atoms with Crippen molar-refractivity contribution in [2.24, 2.45) is 7.05 Å². The van der Waals surface area contributed by atoms with E-state index in [1.807, 2.05) is 50.4 Å². The number of thioether (sulfide) groups is 1. The molecule has 1 N–H and O–H groups in total. The van der Waals surface area contributed by atoms with Gasteiger partial charge in [0.2, 0.25) is 11.8 Å². The third kappa shape index (κ3) is 3.91. The van der Waals surface area contributed by atoms with Crippen molar-refractivity contribution in [3.05, 3.63) is 60.2 Å². The van der Waals surface area contributed by atoms with Crippen molar-refractivity contribution in [2.75, 3.05) is 11.1 Å². The van der Waals surface area contributed by atoms with Crippen LogP contribution in [0.2, 0.25) is 0 Å². The summed E-state index contributed by atoms with van der Waals surface area (Å²) in [5.74, 6) is 1.42. The van der Waals surface area contributed by atoms with Crippen LogP contribution < -0.4 is 5.32 Å². The average molecular weight is 393 g/mol. The molecule has 0 unspecified atom stereocenters. The zero-order chi connectivity index (χ0) is 19.5. The van der Waals surface area contributed by atoms with Crippen LogP contribution in [0.1, 0.15) is 11.4 Å². The van der Waals surface area contributed by atoms with Gasteiger partial charge in [0, 0.05) is 23.8 Å². The Morgan fingerprint density at radius 3 is 2.93 bits per heavy atom. The fourth-order valence-electron chi connectivity index (χ4n) is 2.91. The van der Waals surface area contributed by atoms with E-state index < -0.39 is 0 Å². The number of aryl methyl sites for hydroxylation is 2. The van der Waals surface area contributed by atoms with Crippen molar-refractivity contribution in [1.82, 2.24) is 19.7 Å². The van der Waals surface area contributed by atoms with Crippen molar-refractivity contribution in [2.45, 2.75) is 12.7 Å². The number of carbonyl (C=O) groups is 1. The number of hydrogen-bond acceptors (Lipinski definition) is 6. The minimum atomic E-state index is -0.0838. The number of oxazole rings is 1. The maximum atomic E-state index is 12.2. The minimum absolute atomic E-state index is 0.0838. The molecule has 142 valence electrons. The second kappa shape index (κ2) is 7.85. The van der Waals surface area contributed by atoms with Crippen molar-refractivity contribution in [3.63, 3.8) is 0 Å². The fourth-order valence-corrected chi connectivity index (χ4v) is 3.61. The predicted octanol–water partition coefficient (Wildman–Crippen LogP) is 3.80. The Balaban J connectivity index is 1.31. The van der Waals surface area contributed by atoms with Crippen LogP contribution in [-0.2, 0) is 17.6 Å². The number of aromatic nitrogens is 4. The molecule has 0 saturated heterocycles. The van der Waals surface area contributed by atoms with Crippen molar-refractivity contribution < 1.29 is 9.21 Å². The highest BCUT2D eigenvalue weighted by molar-refractivity contribution is 7.99. The maximum absolute atomic E-state index is 12.2. The number of benzene rings is 1. The molecule has 3 heterocycles. The van der Waals surface area contributed by atoms with Crippen molar-refractivity contribution in [1.29, 1.82) is 0 Å². The lowest BCUT2D eigenvalue weighted by Crippen LogP contribution is -2.14. The molecule has 0 aliphatic heterocycles. The fraction of sp³-hybridized carbons (Fsp3) is 0.200. The molecular formula is C20H19N5O2S. The van der Waals surface area contributed by atoms with Gasteiger partial charge in [-0.2, -0.15) is 5.10 Å². The summed E-state index contributed by atoms with van der Waals surface area (Å²) in [6.07, 6.45) is 3.28. The Kier molecular flexibility index (Phi) is 5.12. The van der Waals surface area contributed by atoms with Crippen LogP contribution in [0.25, 0.3) is 22.5 Å². The smallest absolute Gasteiger partial charge is 0.234 e. The zero-order valence-electron chi connectivity index (χ0n) is 15.5. The van der Waals surface area contributed by atoms with Crippen molar-refractivity contribution in [3.8, 4) is 11.5 Å². The molecule has 1 amide bonds. The van der Waals surface area contributed by atoms with Crippen LogP contribution >= 0.6 is 11.8 Å². The topological polar surface area (TPSA) is 85.8 Å². The Hall–Kier alpha value is -3.13. The van der Waals surface area contributed by atoms with Gasteiger partial charge < -0.3 is 9.73 Å². The van der Waals surface area contributed by atoms with E-state index in [0.717, 1.165) is 28.0 Å². The van der Waals surface area contributed by atoms with Crippen LogP contribution in [0.4, 0.5) is 5.69 Å². The van der Waals surface area contributed by atoms with Crippen LogP contribution in [0, 0.1) is 6.92 Å². The van der Waals surface area contributed by atoms with E-state index in [4.69, 9.17) is 4.42 Å². The van der Waals surface area contributed by atoms with Gasteiger partial charge in [-0.1, -0.05) is 18.2 Å². The van der Waals surface area contributed by atoms with Crippen LogP contribution in [-0.4, -0.2) is 31.4 Å². The highest BCUT2D eigenvalue weighted by Crippen LogP contribution is 2.21. The molecule has 0 aliphatic carbocycles. The molecule has 4 aromatic rings. The molecular weight excluding hydrogens is 374 g/mol. The molecule has 3 aromatic heterocycles. The Bertz CT molecular complexity index is 1120. The van der Waals surface area contributed by atoms with Gasteiger partial charge >= 0.3 is 0 Å². The maximum Gasteiger partial charge on any atom is 0.234 e. The summed E-state index contributed by atoms with van der Waals surface area (Å²) in [7, 11) is 1.85. The summed E-state index contributed by atoms with van der Waals surface area (Å²) in [5, 5.41) is 8.16. The summed E-state index contributed by atoms with van der Waals surface area (Å²) in [6.45, 7) is 1.92. The SMILES string of the molecule is Cc1nn(C)c2ncc(NC(=O)CSCc3coc(-c4ccccc4)n3)cc12. The lowest BCUT2D eigenvalue weighted by Gasteiger charge is -2.04. The van der Waals surface area contributed by atoms with E-state index >= 15 is 0 Å². The molecule has 1 aromatic carbocycles. The molecule has 0 saturated carbocycles. The number of amides is 1. The van der Waals surface area contributed by atoms with E-state index in [1.54, 1.807) is 17.1 Å². The number of carbonyl (C=O) groups excluding carboxylic acids is 1. The molecule has 4 rings (SSSR count). The van der Waals surface area contributed by atoms with E-state index in [2.05, 4.69) is 20.4 Å². The number of rotatable bonds is 6. The first kappa shape index (κ1) is 18.2. The summed E-state index contributed by atoms with van der Waals surface area (Å²) >= 11 is 1.48. The molecule has 0 spiro atoms. The third-order valence-electron chi connectivity index (χ3n) is 4.20. The number of pyridine rings is 1. The van der Waals surface area contributed by atoms with Crippen molar-refractivity contribution >= 4 is 34.4 Å². The number of nitrogens with one attached hydrogen (secondary N) is 1. The number of hydrogen-bond donors (Lipinski definition) is 1. The zero-order valence-corrected chi connectivity index (χ0v) is 16.4. The van der Waals surface area contributed by atoms with E-state index in [-0.39, 0.29) is 5.91 Å². The molecule has 0 fully saturated rings. The standard InChI is InChI=1S/C20H19N5O2S/c1-13-17-8-15(9-21-19(17)25(2)24-13)22-18(26)12-28-11-16-10-27-20(23-16)14-6-4-3-5-7-14/h3-10H,11-12H2,1-2H3,(H,22,26). The molecule has 0 radical (unpaired) electrons. The van der Waals surface area contributed by atoms with Gasteiger partial charge in [0.15, 0.2) is 5.65 Å². The number of fused-ring (bicyclic) bond motifs is 1.